The maximum atomic E-state index is 11.5. The summed E-state index contributed by atoms with van der Waals surface area (Å²) in [5, 5.41) is 4.80. The summed E-state index contributed by atoms with van der Waals surface area (Å²) in [7, 11) is -6.97. The van der Waals surface area contributed by atoms with Crippen molar-refractivity contribution in [1.82, 2.24) is 9.55 Å². The molecule has 0 amide bonds. The van der Waals surface area contributed by atoms with Crippen LogP contribution in [0.2, 0.25) is 0 Å². The molecule has 0 radical (unpaired) electrons. The molecule has 0 unspecified atom stereocenters. The van der Waals surface area contributed by atoms with Crippen molar-refractivity contribution in [1.29, 1.82) is 0 Å². The lowest BCUT2D eigenvalue weighted by atomic mass is 10.3. The molecule has 9 heteroatoms. The van der Waals surface area contributed by atoms with Crippen molar-refractivity contribution in [2.45, 2.75) is 38.3 Å². The predicted molar refractivity (Wildman–Crippen MR) is 71.9 cm³/mol. The van der Waals surface area contributed by atoms with Crippen molar-refractivity contribution in [3.63, 3.8) is 0 Å². The number of aromatic nitrogens is 2. The number of nitrogens with zero attached hydrogens (tertiary/aromatic N) is 2. The zero-order chi connectivity index (χ0) is 14.7. The summed E-state index contributed by atoms with van der Waals surface area (Å²) in [4.78, 5) is 3.95. The molecule has 1 rings (SSSR count). The van der Waals surface area contributed by atoms with Crippen molar-refractivity contribution in [3.8, 4) is 0 Å². The Morgan fingerprint density at radius 1 is 1.26 bits per heavy atom. The molecule has 0 bridgehead atoms. The van der Waals surface area contributed by atoms with Crippen LogP contribution in [0.1, 0.15) is 26.1 Å². The fraction of sp³-hybridized carbons (Fsp3) is 0.700. The van der Waals surface area contributed by atoms with Gasteiger partial charge in [0.05, 0.1) is 5.75 Å². The summed E-state index contributed by atoms with van der Waals surface area (Å²) >= 11 is 0. The van der Waals surface area contributed by atoms with E-state index in [9.17, 15) is 16.8 Å². The van der Waals surface area contributed by atoms with Crippen LogP contribution in [0.3, 0.4) is 0 Å². The Labute approximate surface area is 113 Å². The average Bonchev–Trinajstić information content (AvgIpc) is 2.70. The van der Waals surface area contributed by atoms with Gasteiger partial charge in [0, 0.05) is 24.9 Å². The quantitative estimate of drug-likeness (QED) is 0.757. The van der Waals surface area contributed by atoms with Crippen LogP contribution in [-0.4, -0.2) is 37.9 Å². The summed E-state index contributed by atoms with van der Waals surface area (Å²) in [6, 6.07) is 0. The number of nitrogens with two attached hydrogens (primary N) is 1. The molecule has 110 valence electrons. The number of sulfone groups is 1. The van der Waals surface area contributed by atoms with E-state index in [4.69, 9.17) is 5.14 Å². The molecule has 0 aliphatic carbocycles. The third-order valence-corrected chi connectivity index (χ3v) is 5.15. The van der Waals surface area contributed by atoms with Gasteiger partial charge in [0.15, 0.2) is 14.9 Å². The molecular weight excluding hydrogens is 290 g/mol. The van der Waals surface area contributed by atoms with Gasteiger partial charge in [-0.15, -0.1) is 0 Å². The van der Waals surface area contributed by atoms with E-state index in [1.165, 1.54) is 6.20 Å². The number of primary sulfonamides is 1. The number of aryl methyl sites for hydroxylation is 2. The molecule has 1 aromatic rings. The molecule has 0 aliphatic heterocycles. The van der Waals surface area contributed by atoms with E-state index in [0.29, 0.717) is 12.2 Å². The summed E-state index contributed by atoms with van der Waals surface area (Å²) in [5.41, 5.74) is 0. The first kappa shape index (κ1) is 16.1. The van der Waals surface area contributed by atoms with Crippen molar-refractivity contribution in [2.75, 3.05) is 11.5 Å². The molecule has 2 N–H and O–H groups in total. The maximum absolute atomic E-state index is 11.5. The Hall–Kier alpha value is -0.930. The molecule has 0 aliphatic rings. The normalized spacial score (nSPS) is 12.8. The van der Waals surface area contributed by atoms with Gasteiger partial charge in [-0.1, -0.05) is 13.8 Å². The van der Waals surface area contributed by atoms with Gasteiger partial charge in [-0.2, -0.15) is 0 Å². The van der Waals surface area contributed by atoms with Gasteiger partial charge in [0.25, 0.3) is 10.0 Å². The lowest BCUT2D eigenvalue weighted by Crippen LogP contribution is -2.15. The van der Waals surface area contributed by atoms with Gasteiger partial charge in [-0.3, -0.25) is 0 Å². The SMILES string of the molecule is CCCc1nc(S(N)(=O)=O)cn1CCS(=O)(=O)CC. The Bertz CT molecular complexity index is 632. The second kappa shape index (κ2) is 6.02. The molecule has 0 saturated carbocycles. The third-order valence-electron chi connectivity index (χ3n) is 2.69. The predicted octanol–water partition coefficient (Wildman–Crippen LogP) is -0.0823. The molecule has 0 atom stereocenters. The standard InChI is InChI=1S/C10H19N3O4S2/c1-3-5-9-12-10(19(11,16)17)8-13(9)6-7-18(14,15)4-2/h8H,3-7H2,1-2H3,(H2,11,16,17). The van der Waals surface area contributed by atoms with Gasteiger partial charge < -0.3 is 4.57 Å². The number of imidazole rings is 1. The van der Waals surface area contributed by atoms with E-state index in [1.54, 1.807) is 11.5 Å². The van der Waals surface area contributed by atoms with Crippen molar-refractivity contribution < 1.29 is 16.8 Å². The number of hydrogen-bond donors (Lipinski definition) is 1. The lowest BCUT2D eigenvalue weighted by molar-refractivity contribution is 0.586. The molecule has 19 heavy (non-hydrogen) atoms. The second-order valence-electron chi connectivity index (χ2n) is 4.22. The van der Waals surface area contributed by atoms with Crippen LogP contribution in [0.25, 0.3) is 0 Å². The molecule has 0 aromatic carbocycles. The minimum absolute atomic E-state index is 0.0410. The molecular formula is C10H19N3O4S2. The van der Waals surface area contributed by atoms with Crippen LogP contribution < -0.4 is 5.14 Å². The van der Waals surface area contributed by atoms with Gasteiger partial charge in [0.2, 0.25) is 0 Å². The van der Waals surface area contributed by atoms with E-state index in [1.807, 2.05) is 6.92 Å². The number of rotatable bonds is 7. The average molecular weight is 309 g/mol. The van der Waals surface area contributed by atoms with Gasteiger partial charge in [-0.25, -0.2) is 27.0 Å². The van der Waals surface area contributed by atoms with Crippen LogP contribution in [0, 0.1) is 0 Å². The van der Waals surface area contributed by atoms with E-state index in [2.05, 4.69) is 4.98 Å². The topological polar surface area (TPSA) is 112 Å². The summed E-state index contributed by atoms with van der Waals surface area (Å²) < 4.78 is 47.0. The Morgan fingerprint density at radius 2 is 1.89 bits per heavy atom. The fourth-order valence-corrected chi connectivity index (χ4v) is 2.83. The van der Waals surface area contributed by atoms with Crippen molar-refractivity contribution in [3.05, 3.63) is 12.0 Å². The molecule has 1 heterocycles. The number of hydrogen-bond acceptors (Lipinski definition) is 5. The van der Waals surface area contributed by atoms with Crippen LogP contribution in [0.5, 0.6) is 0 Å². The zero-order valence-corrected chi connectivity index (χ0v) is 12.7. The van der Waals surface area contributed by atoms with Crippen LogP contribution >= 0.6 is 0 Å². The molecule has 0 spiro atoms. The largest absolute Gasteiger partial charge is 0.332 e. The van der Waals surface area contributed by atoms with E-state index in [-0.39, 0.29) is 23.1 Å². The summed E-state index contributed by atoms with van der Waals surface area (Å²) in [5.74, 6) is 0.561. The maximum Gasteiger partial charge on any atom is 0.257 e. The minimum Gasteiger partial charge on any atom is -0.332 e. The first-order chi connectivity index (χ1) is 8.69. The van der Waals surface area contributed by atoms with Gasteiger partial charge in [-0.05, 0) is 6.42 Å². The highest BCUT2D eigenvalue weighted by atomic mass is 32.2. The molecule has 7 nitrogen and oxygen atoms in total. The van der Waals surface area contributed by atoms with Crippen LogP contribution in [0.15, 0.2) is 11.2 Å². The number of sulfonamides is 1. The second-order valence-corrected chi connectivity index (χ2v) is 8.20. The Balaban J connectivity index is 3.02. The molecule has 1 aromatic heterocycles. The van der Waals surface area contributed by atoms with Crippen molar-refractivity contribution >= 4 is 19.9 Å². The minimum atomic E-state index is -3.86. The van der Waals surface area contributed by atoms with Gasteiger partial charge in [0.1, 0.15) is 5.82 Å². The monoisotopic (exact) mass is 309 g/mol. The fourth-order valence-electron chi connectivity index (χ4n) is 1.56. The van der Waals surface area contributed by atoms with E-state index >= 15 is 0 Å². The lowest BCUT2D eigenvalue weighted by Gasteiger charge is -2.06. The van der Waals surface area contributed by atoms with Crippen LogP contribution in [-0.2, 0) is 32.8 Å². The van der Waals surface area contributed by atoms with Crippen molar-refractivity contribution in [2.24, 2.45) is 5.14 Å². The highest BCUT2D eigenvalue weighted by molar-refractivity contribution is 7.91. The zero-order valence-electron chi connectivity index (χ0n) is 11.0. The highest BCUT2D eigenvalue weighted by Gasteiger charge is 2.17. The Kier molecular flexibility index (Phi) is 5.11. The highest BCUT2D eigenvalue weighted by Crippen LogP contribution is 2.10. The van der Waals surface area contributed by atoms with Gasteiger partial charge >= 0.3 is 0 Å². The smallest absolute Gasteiger partial charge is 0.257 e. The van der Waals surface area contributed by atoms with E-state index in [0.717, 1.165) is 6.42 Å². The summed E-state index contributed by atoms with van der Waals surface area (Å²) in [6.07, 6.45) is 2.65. The third kappa shape index (κ3) is 4.59. The Morgan fingerprint density at radius 3 is 2.37 bits per heavy atom. The summed E-state index contributed by atoms with van der Waals surface area (Å²) in [6.45, 7) is 3.69. The van der Waals surface area contributed by atoms with Crippen LogP contribution in [0.4, 0.5) is 0 Å². The molecule has 0 saturated heterocycles. The first-order valence-electron chi connectivity index (χ1n) is 5.99. The first-order valence-corrected chi connectivity index (χ1v) is 9.35. The molecule has 0 fully saturated rings. The van der Waals surface area contributed by atoms with E-state index < -0.39 is 19.9 Å².